The third-order valence-electron chi connectivity index (χ3n) is 2.81. The normalized spacial score (nSPS) is 18.2. The van der Waals surface area contributed by atoms with Crippen LogP contribution in [0.2, 0.25) is 5.28 Å². The van der Waals surface area contributed by atoms with Gasteiger partial charge in [-0.3, -0.25) is 4.57 Å². The molecule has 3 rings (SSSR count). The van der Waals surface area contributed by atoms with Crippen LogP contribution >= 0.6 is 11.6 Å². The fourth-order valence-electron chi connectivity index (χ4n) is 2.06. The Kier molecular flexibility index (Phi) is 2.11. The Morgan fingerprint density at radius 1 is 1.38 bits per heavy atom. The monoisotopic (exact) mass is 235 g/mol. The molecule has 0 saturated heterocycles. The molecule has 82 valence electrons. The average molecular weight is 236 g/mol. The first-order valence-corrected chi connectivity index (χ1v) is 5.44. The molecular formula is C11H10ClN3O. The molecule has 0 N–H and O–H groups in total. The molecule has 2 heterocycles. The highest BCUT2D eigenvalue weighted by atomic mass is 35.5. The molecule has 1 aromatic heterocycles. The van der Waals surface area contributed by atoms with E-state index in [1.807, 2.05) is 35.8 Å². The number of halogens is 1. The smallest absolute Gasteiger partial charge is 0.225 e. The van der Waals surface area contributed by atoms with Crippen molar-refractivity contribution in [2.75, 3.05) is 6.61 Å². The van der Waals surface area contributed by atoms with E-state index >= 15 is 0 Å². The third-order valence-corrected chi connectivity index (χ3v) is 3.07. The second-order valence-corrected chi connectivity index (χ2v) is 4.09. The zero-order valence-corrected chi connectivity index (χ0v) is 9.48. The lowest BCUT2D eigenvalue weighted by Crippen LogP contribution is -2.13. The second-order valence-electron chi connectivity index (χ2n) is 3.75. The lowest BCUT2D eigenvalue weighted by molar-refractivity contribution is 0.315. The summed E-state index contributed by atoms with van der Waals surface area (Å²) in [6, 6.07) is 8.04. The van der Waals surface area contributed by atoms with Gasteiger partial charge in [0.05, 0.1) is 0 Å². The number of hydrogen-bond acceptors (Lipinski definition) is 3. The van der Waals surface area contributed by atoms with Gasteiger partial charge in [0, 0.05) is 5.56 Å². The number of rotatable bonds is 1. The van der Waals surface area contributed by atoms with E-state index in [1.54, 1.807) is 0 Å². The Balaban J connectivity index is 2.11. The highest BCUT2D eigenvalue weighted by Crippen LogP contribution is 2.36. The zero-order valence-electron chi connectivity index (χ0n) is 8.72. The van der Waals surface area contributed by atoms with Gasteiger partial charge < -0.3 is 4.74 Å². The zero-order chi connectivity index (χ0) is 11.1. The standard InChI is InChI=1S/C11H10ClN3O/c1-7-13-14-11(12)15(7)9-6-16-10-5-3-2-4-8(9)10/h2-5,9H,6H2,1H3. The molecule has 0 fully saturated rings. The highest BCUT2D eigenvalue weighted by molar-refractivity contribution is 6.28. The number of fused-ring (bicyclic) bond motifs is 1. The number of benzene rings is 1. The molecule has 4 nitrogen and oxygen atoms in total. The largest absolute Gasteiger partial charge is 0.491 e. The first-order valence-electron chi connectivity index (χ1n) is 5.06. The fraction of sp³-hybridized carbons (Fsp3) is 0.273. The number of para-hydroxylation sites is 1. The highest BCUT2D eigenvalue weighted by Gasteiger charge is 2.28. The van der Waals surface area contributed by atoms with E-state index in [9.17, 15) is 0 Å². The van der Waals surface area contributed by atoms with Crippen molar-refractivity contribution in [1.29, 1.82) is 0 Å². The summed E-state index contributed by atoms with van der Waals surface area (Å²) >= 11 is 6.03. The van der Waals surface area contributed by atoms with E-state index in [2.05, 4.69) is 10.2 Å². The predicted octanol–water partition coefficient (Wildman–Crippen LogP) is 2.22. The van der Waals surface area contributed by atoms with Crippen LogP contribution < -0.4 is 4.74 Å². The minimum atomic E-state index is 0.0821. The second kappa shape index (κ2) is 3.49. The molecule has 0 bridgehead atoms. The van der Waals surface area contributed by atoms with E-state index in [-0.39, 0.29) is 6.04 Å². The first-order chi connectivity index (χ1) is 7.77. The van der Waals surface area contributed by atoms with Crippen molar-refractivity contribution in [3.8, 4) is 5.75 Å². The van der Waals surface area contributed by atoms with Crippen LogP contribution in [-0.2, 0) is 0 Å². The van der Waals surface area contributed by atoms with E-state index in [0.29, 0.717) is 11.9 Å². The molecule has 0 spiro atoms. The Morgan fingerprint density at radius 3 is 2.94 bits per heavy atom. The molecule has 1 unspecified atom stereocenters. The van der Waals surface area contributed by atoms with Crippen LogP contribution in [0.25, 0.3) is 0 Å². The van der Waals surface area contributed by atoms with Crippen molar-refractivity contribution >= 4 is 11.6 Å². The lowest BCUT2D eigenvalue weighted by Gasteiger charge is -2.12. The van der Waals surface area contributed by atoms with Crippen LogP contribution in [-0.4, -0.2) is 21.4 Å². The van der Waals surface area contributed by atoms with Crippen molar-refractivity contribution in [2.24, 2.45) is 0 Å². The fourth-order valence-corrected chi connectivity index (χ4v) is 2.33. The van der Waals surface area contributed by atoms with Gasteiger partial charge in [0.25, 0.3) is 0 Å². The minimum Gasteiger partial charge on any atom is -0.491 e. The van der Waals surface area contributed by atoms with Crippen molar-refractivity contribution in [3.63, 3.8) is 0 Å². The molecule has 16 heavy (non-hydrogen) atoms. The van der Waals surface area contributed by atoms with Crippen LogP contribution in [0, 0.1) is 6.92 Å². The average Bonchev–Trinajstić information content (AvgIpc) is 2.83. The molecule has 0 amide bonds. The molecule has 0 radical (unpaired) electrons. The van der Waals surface area contributed by atoms with Gasteiger partial charge in [-0.25, -0.2) is 0 Å². The van der Waals surface area contributed by atoms with Crippen LogP contribution in [0.15, 0.2) is 24.3 Å². The summed E-state index contributed by atoms with van der Waals surface area (Å²) in [4.78, 5) is 0. The molecule has 5 heteroatoms. The summed E-state index contributed by atoms with van der Waals surface area (Å²) in [5, 5.41) is 8.22. The van der Waals surface area contributed by atoms with Crippen LogP contribution in [0.1, 0.15) is 17.4 Å². The van der Waals surface area contributed by atoms with Crippen molar-refractivity contribution < 1.29 is 4.74 Å². The van der Waals surface area contributed by atoms with Crippen LogP contribution in [0.5, 0.6) is 5.75 Å². The Hall–Kier alpha value is -1.55. The van der Waals surface area contributed by atoms with Crippen molar-refractivity contribution in [2.45, 2.75) is 13.0 Å². The number of hydrogen-bond donors (Lipinski definition) is 0. The van der Waals surface area contributed by atoms with Crippen LogP contribution in [0.4, 0.5) is 0 Å². The quantitative estimate of drug-likeness (QED) is 0.761. The van der Waals surface area contributed by atoms with Gasteiger partial charge in [0.15, 0.2) is 0 Å². The molecule has 1 aliphatic heterocycles. The lowest BCUT2D eigenvalue weighted by atomic mass is 10.1. The van der Waals surface area contributed by atoms with Gasteiger partial charge in [-0.15, -0.1) is 10.2 Å². The maximum atomic E-state index is 6.03. The van der Waals surface area contributed by atoms with Gasteiger partial charge in [-0.05, 0) is 24.6 Å². The number of aryl methyl sites for hydroxylation is 1. The summed E-state index contributed by atoms with van der Waals surface area (Å²) in [5.74, 6) is 1.71. The Labute approximate surface area is 97.8 Å². The number of nitrogens with zero attached hydrogens (tertiary/aromatic N) is 3. The molecule has 1 aromatic carbocycles. The van der Waals surface area contributed by atoms with E-state index in [1.165, 1.54) is 0 Å². The van der Waals surface area contributed by atoms with Crippen molar-refractivity contribution in [1.82, 2.24) is 14.8 Å². The molecule has 2 aromatic rings. The molecule has 0 saturated carbocycles. The molecule has 1 atom stereocenters. The summed E-state index contributed by atoms with van der Waals surface area (Å²) < 4.78 is 7.51. The Morgan fingerprint density at radius 2 is 2.19 bits per heavy atom. The maximum absolute atomic E-state index is 6.03. The summed E-state index contributed by atoms with van der Waals surface area (Å²) in [7, 11) is 0. The topological polar surface area (TPSA) is 39.9 Å². The summed E-state index contributed by atoms with van der Waals surface area (Å²) in [6.07, 6.45) is 0. The van der Waals surface area contributed by atoms with Gasteiger partial charge >= 0.3 is 0 Å². The minimum absolute atomic E-state index is 0.0821. The predicted molar refractivity (Wildman–Crippen MR) is 59.8 cm³/mol. The van der Waals surface area contributed by atoms with E-state index < -0.39 is 0 Å². The first kappa shape index (κ1) is 9.66. The van der Waals surface area contributed by atoms with Gasteiger partial charge in [-0.2, -0.15) is 0 Å². The Bertz CT molecular complexity index is 518. The molecule has 1 aliphatic rings. The van der Waals surface area contributed by atoms with Crippen LogP contribution in [0.3, 0.4) is 0 Å². The van der Waals surface area contributed by atoms with Crippen molar-refractivity contribution in [3.05, 3.63) is 40.9 Å². The number of ether oxygens (including phenoxy) is 1. The third kappa shape index (κ3) is 1.30. The van der Waals surface area contributed by atoms with Gasteiger partial charge in [0.2, 0.25) is 5.28 Å². The van der Waals surface area contributed by atoms with E-state index in [4.69, 9.17) is 16.3 Å². The SMILES string of the molecule is Cc1nnc(Cl)n1C1COc2ccccc21. The molecular weight excluding hydrogens is 226 g/mol. The van der Waals surface area contributed by atoms with Gasteiger partial charge in [0.1, 0.15) is 24.2 Å². The number of aromatic nitrogens is 3. The summed E-state index contributed by atoms with van der Waals surface area (Å²) in [6.45, 7) is 2.47. The van der Waals surface area contributed by atoms with E-state index in [0.717, 1.165) is 17.1 Å². The maximum Gasteiger partial charge on any atom is 0.225 e. The molecule has 0 aliphatic carbocycles. The van der Waals surface area contributed by atoms with Gasteiger partial charge in [-0.1, -0.05) is 18.2 Å². The summed E-state index contributed by atoms with van der Waals surface area (Å²) in [5.41, 5.74) is 1.13.